The zero-order valence-electron chi connectivity index (χ0n) is 8.97. The Hall–Kier alpha value is -1.39. The molecule has 3 nitrogen and oxygen atoms in total. The highest BCUT2D eigenvalue weighted by molar-refractivity contribution is 5.38. The fourth-order valence-corrected chi connectivity index (χ4v) is 0.972. The van der Waals surface area contributed by atoms with Crippen LogP contribution in [0.15, 0.2) is 6.07 Å². The Balaban J connectivity index is 2.87. The van der Waals surface area contributed by atoms with Crippen molar-refractivity contribution < 1.29 is 13.5 Å². The lowest BCUT2D eigenvalue weighted by Crippen LogP contribution is -2.09. The summed E-state index contributed by atoms with van der Waals surface area (Å²) in [5.74, 6) is -1.45. The molecule has 1 aromatic rings. The van der Waals surface area contributed by atoms with E-state index in [0.29, 0.717) is 6.61 Å². The van der Waals surface area contributed by atoms with E-state index >= 15 is 0 Å². The van der Waals surface area contributed by atoms with Gasteiger partial charge in [-0.1, -0.05) is 13.8 Å². The molecule has 0 saturated carbocycles. The first-order valence-corrected chi connectivity index (χ1v) is 4.71. The number of aromatic nitrogens is 1. The van der Waals surface area contributed by atoms with E-state index in [9.17, 15) is 8.78 Å². The van der Waals surface area contributed by atoms with Gasteiger partial charge in [0.05, 0.1) is 6.61 Å². The summed E-state index contributed by atoms with van der Waals surface area (Å²) in [4.78, 5) is 3.68. The zero-order valence-corrected chi connectivity index (χ0v) is 8.97. The molecule has 0 aliphatic carbocycles. The molecule has 0 aliphatic heterocycles. The van der Waals surface area contributed by atoms with Crippen LogP contribution in [0.1, 0.15) is 13.8 Å². The topological polar surface area (TPSA) is 34.2 Å². The van der Waals surface area contributed by atoms with Crippen LogP contribution in [0.2, 0.25) is 0 Å². The summed E-state index contributed by atoms with van der Waals surface area (Å²) in [5, 5.41) is 2.52. The summed E-state index contributed by atoms with van der Waals surface area (Å²) in [7, 11) is 1.51. The van der Waals surface area contributed by atoms with Crippen molar-refractivity contribution in [1.82, 2.24) is 4.98 Å². The van der Waals surface area contributed by atoms with E-state index in [0.717, 1.165) is 6.07 Å². The van der Waals surface area contributed by atoms with Gasteiger partial charge >= 0.3 is 0 Å². The second kappa shape index (κ2) is 4.91. The predicted octanol–water partition coefficient (Wildman–Crippen LogP) is 2.44. The van der Waals surface area contributed by atoms with E-state index in [2.05, 4.69) is 10.3 Å². The summed E-state index contributed by atoms with van der Waals surface area (Å²) in [6.07, 6.45) is 0. The molecule has 0 radical (unpaired) electrons. The molecule has 0 aliphatic rings. The third kappa shape index (κ3) is 3.04. The second-order valence-corrected chi connectivity index (χ2v) is 3.56. The highest BCUT2D eigenvalue weighted by Gasteiger charge is 2.12. The van der Waals surface area contributed by atoms with Crippen LogP contribution in [0, 0.1) is 17.6 Å². The van der Waals surface area contributed by atoms with Crippen LogP contribution in [0.5, 0.6) is 5.88 Å². The molecule has 1 heterocycles. The minimum atomic E-state index is -0.785. The Bertz CT molecular complexity index is 342. The normalized spacial score (nSPS) is 10.5. The molecule has 0 amide bonds. The van der Waals surface area contributed by atoms with Gasteiger partial charge in [-0.3, -0.25) is 0 Å². The van der Waals surface area contributed by atoms with E-state index < -0.39 is 11.6 Å². The third-order valence-electron chi connectivity index (χ3n) is 1.69. The molecule has 0 atom stereocenters. The maximum atomic E-state index is 13.2. The number of anilines is 1. The summed E-state index contributed by atoms with van der Waals surface area (Å²) < 4.78 is 31.3. The molecule has 0 aromatic carbocycles. The highest BCUT2D eigenvalue weighted by atomic mass is 19.1. The van der Waals surface area contributed by atoms with E-state index in [-0.39, 0.29) is 17.6 Å². The van der Waals surface area contributed by atoms with Crippen LogP contribution in [0.25, 0.3) is 0 Å². The van der Waals surface area contributed by atoms with Gasteiger partial charge in [0.15, 0.2) is 17.5 Å². The molecule has 0 saturated heterocycles. The van der Waals surface area contributed by atoms with Crippen molar-refractivity contribution >= 4 is 5.82 Å². The zero-order chi connectivity index (χ0) is 11.4. The van der Waals surface area contributed by atoms with Gasteiger partial charge in [-0.2, -0.15) is 4.98 Å². The van der Waals surface area contributed by atoms with Crippen molar-refractivity contribution in [2.24, 2.45) is 5.92 Å². The standard InChI is InChI=1S/C10H14F2N2O/c1-6(2)5-15-10-8(12)4-7(11)9(13-3)14-10/h4,6H,5H2,1-3H3,(H,13,14). The predicted molar refractivity (Wildman–Crippen MR) is 54.0 cm³/mol. The molecule has 1 rings (SSSR count). The van der Waals surface area contributed by atoms with E-state index in [1.165, 1.54) is 7.05 Å². The van der Waals surface area contributed by atoms with Crippen LogP contribution in [0.4, 0.5) is 14.6 Å². The molecule has 84 valence electrons. The maximum Gasteiger partial charge on any atom is 0.252 e. The smallest absolute Gasteiger partial charge is 0.252 e. The lowest BCUT2D eigenvalue weighted by Gasteiger charge is -2.10. The van der Waals surface area contributed by atoms with Crippen molar-refractivity contribution in [2.75, 3.05) is 19.0 Å². The van der Waals surface area contributed by atoms with E-state index in [1.807, 2.05) is 13.8 Å². The van der Waals surface area contributed by atoms with Crippen LogP contribution < -0.4 is 10.1 Å². The lowest BCUT2D eigenvalue weighted by molar-refractivity contribution is 0.248. The molecule has 0 unspecified atom stereocenters. The number of ether oxygens (including phenoxy) is 1. The van der Waals surface area contributed by atoms with Crippen molar-refractivity contribution in [1.29, 1.82) is 0 Å². The van der Waals surface area contributed by atoms with Crippen molar-refractivity contribution in [2.45, 2.75) is 13.8 Å². The van der Waals surface area contributed by atoms with Gasteiger partial charge in [0.25, 0.3) is 5.88 Å². The van der Waals surface area contributed by atoms with Crippen LogP contribution in [-0.4, -0.2) is 18.6 Å². The van der Waals surface area contributed by atoms with Gasteiger partial charge in [-0.25, -0.2) is 8.78 Å². The summed E-state index contributed by atoms with van der Waals surface area (Å²) in [5.41, 5.74) is 0. The molecule has 0 fully saturated rings. The molecule has 1 N–H and O–H groups in total. The van der Waals surface area contributed by atoms with Crippen LogP contribution in [0.3, 0.4) is 0 Å². The summed E-state index contributed by atoms with van der Waals surface area (Å²) in [6, 6.07) is 0.758. The average molecular weight is 216 g/mol. The molecule has 5 heteroatoms. The molecule has 0 spiro atoms. The number of pyridine rings is 1. The van der Waals surface area contributed by atoms with Gasteiger partial charge in [0.1, 0.15) is 0 Å². The first-order valence-electron chi connectivity index (χ1n) is 4.71. The number of hydrogen-bond donors (Lipinski definition) is 1. The van der Waals surface area contributed by atoms with Gasteiger partial charge in [-0.15, -0.1) is 0 Å². The Morgan fingerprint density at radius 2 is 2.07 bits per heavy atom. The second-order valence-electron chi connectivity index (χ2n) is 3.56. The molecule has 1 aromatic heterocycles. The quantitative estimate of drug-likeness (QED) is 0.839. The Morgan fingerprint density at radius 3 is 2.60 bits per heavy atom. The fraction of sp³-hybridized carbons (Fsp3) is 0.500. The summed E-state index contributed by atoms with van der Waals surface area (Å²) >= 11 is 0. The SMILES string of the molecule is CNc1nc(OCC(C)C)c(F)cc1F. The van der Waals surface area contributed by atoms with E-state index in [1.54, 1.807) is 0 Å². The first-order chi connectivity index (χ1) is 7.04. The lowest BCUT2D eigenvalue weighted by atomic mass is 10.2. The van der Waals surface area contributed by atoms with Crippen molar-refractivity contribution in [3.8, 4) is 5.88 Å². The largest absolute Gasteiger partial charge is 0.475 e. The molecular weight excluding hydrogens is 202 g/mol. The molecule has 15 heavy (non-hydrogen) atoms. The minimum Gasteiger partial charge on any atom is -0.475 e. The molecular formula is C10H14F2N2O. The first kappa shape index (κ1) is 11.7. The average Bonchev–Trinajstić information content (AvgIpc) is 2.16. The minimum absolute atomic E-state index is 0.0184. The van der Waals surface area contributed by atoms with Crippen LogP contribution >= 0.6 is 0 Å². The van der Waals surface area contributed by atoms with E-state index in [4.69, 9.17) is 4.74 Å². The maximum absolute atomic E-state index is 13.2. The monoisotopic (exact) mass is 216 g/mol. The van der Waals surface area contributed by atoms with Crippen molar-refractivity contribution in [3.05, 3.63) is 17.7 Å². The number of hydrogen-bond acceptors (Lipinski definition) is 3. The fourth-order valence-electron chi connectivity index (χ4n) is 0.972. The van der Waals surface area contributed by atoms with Gasteiger partial charge in [-0.05, 0) is 5.92 Å². The number of halogens is 2. The number of rotatable bonds is 4. The highest BCUT2D eigenvalue weighted by Crippen LogP contribution is 2.20. The Labute approximate surface area is 87.5 Å². The van der Waals surface area contributed by atoms with Gasteiger partial charge < -0.3 is 10.1 Å². The summed E-state index contributed by atoms with van der Waals surface area (Å²) in [6.45, 7) is 4.21. The van der Waals surface area contributed by atoms with Crippen LogP contribution in [-0.2, 0) is 0 Å². The Kier molecular flexibility index (Phi) is 3.82. The van der Waals surface area contributed by atoms with Gasteiger partial charge in [0.2, 0.25) is 0 Å². The third-order valence-corrected chi connectivity index (χ3v) is 1.69. The molecule has 0 bridgehead atoms. The number of nitrogens with one attached hydrogen (secondary N) is 1. The van der Waals surface area contributed by atoms with Gasteiger partial charge in [0, 0.05) is 13.1 Å². The Morgan fingerprint density at radius 1 is 1.40 bits per heavy atom. The number of nitrogens with zero attached hydrogens (tertiary/aromatic N) is 1. The van der Waals surface area contributed by atoms with Crippen molar-refractivity contribution in [3.63, 3.8) is 0 Å².